The van der Waals surface area contributed by atoms with Gasteiger partial charge in [0.2, 0.25) is 5.78 Å². The first-order valence-electron chi connectivity index (χ1n) is 8.17. The molecule has 0 aliphatic carbocycles. The number of likely N-dealkylation sites (tertiary alicyclic amines) is 1. The molecule has 132 valence electrons. The Hall–Kier alpha value is -1.99. The maximum atomic E-state index is 12.7. The van der Waals surface area contributed by atoms with Gasteiger partial charge < -0.3 is 9.52 Å². The van der Waals surface area contributed by atoms with Crippen LogP contribution in [0.3, 0.4) is 0 Å². The molecule has 1 aromatic carbocycles. The fourth-order valence-corrected chi connectivity index (χ4v) is 4.01. The highest BCUT2D eigenvalue weighted by Gasteiger charge is 2.53. The first-order valence-corrected chi connectivity index (χ1v) is 9.09. The number of furan rings is 1. The molecule has 0 spiro atoms. The first-order chi connectivity index (χ1) is 11.9. The molecule has 0 bridgehead atoms. The zero-order valence-corrected chi connectivity index (χ0v) is 15.4. The summed E-state index contributed by atoms with van der Waals surface area (Å²) in [6.45, 7) is 2.04. The van der Waals surface area contributed by atoms with Crippen molar-refractivity contribution in [2.45, 2.75) is 37.1 Å². The highest BCUT2D eigenvalue weighted by molar-refractivity contribution is 9.10. The molecule has 0 saturated carbocycles. The van der Waals surface area contributed by atoms with Gasteiger partial charge in [0.1, 0.15) is 11.6 Å². The van der Waals surface area contributed by atoms with E-state index < -0.39 is 21.3 Å². The van der Waals surface area contributed by atoms with Gasteiger partial charge in [-0.3, -0.25) is 4.79 Å². The van der Waals surface area contributed by atoms with E-state index in [4.69, 9.17) is 4.42 Å². The van der Waals surface area contributed by atoms with Gasteiger partial charge in [0, 0.05) is 18.2 Å². The van der Waals surface area contributed by atoms with E-state index in [0.717, 1.165) is 5.39 Å². The van der Waals surface area contributed by atoms with Crippen LogP contribution in [0.5, 0.6) is 0 Å². The summed E-state index contributed by atoms with van der Waals surface area (Å²) in [6, 6.07) is 8.60. The van der Waals surface area contributed by atoms with Crippen LogP contribution in [-0.2, 0) is 4.79 Å². The summed E-state index contributed by atoms with van der Waals surface area (Å²) in [7, 11) is 0. The van der Waals surface area contributed by atoms with E-state index in [0.29, 0.717) is 18.4 Å². The van der Waals surface area contributed by atoms with E-state index in [1.807, 2.05) is 18.2 Å². The summed E-state index contributed by atoms with van der Waals surface area (Å²) in [5, 5.41) is 10.4. The predicted octanol–water partition coefficient (Wildman–Crippen LogP) is 3.97. The largest absolute Gasteiger partial charge is 0.521 e. The van der Waals surface area contributed by atoms with Gasteiger partial charge in [0.05, 0.1) is 17.8 Å². The van der Waals surface area contributed by atoms with Crippen LogP contribution in [0.2, 0.25) is 0 Å². The van der Waals surface area contributed by atoms with E-state index in [9.17, 15) is 19.5 Å². The number of para-hydroxylation sites is 1. The van der Waals surface area contributed by atoms with Gasteiger partial charge in [-0.1, -0.05) is 34.1 Å². The number of carbonyl (C=O) groups excluding carboxylic acids is 2. The number of ketones is 1. The van der Waals surface area contributed by atoms with Crippen molar-refractivity contribution in [3.05, 3.63) is 36.1 Å². The molecule has 25 heavy (non-hydrogen) atoms. The third-order valence-corrected chi connectivity index (χ3v) is 5.72. The number of Topliss-reactive ketones (excluding diaryl/α,β-unsaturated/α-hetero) is 1. The smallest absolute Gasteiger partial charge is 0.453 e. The number of fused-ring (bicyclic) bond motifs is 1. The molecule has 1 N–H and O–H groups in total. The number of amides is 2. The molecule has 1 aliphatic heterocycles. The average Bonchev–Trinajstić information content (AvgIpc) is 3.17. The van der Waals surface area contributed by atoms with Crippen molar-refractivity contribution in [2.75, 3.05) is 6.54 Å². The second-order valence-corrected chi connectivity index (χ2v) is 7.55. The Morgan fingerprint density at radius 2 is 2.08 bits per heavy atom. The zero-order chi connectivity index (χ0) is 18.2. The molecule has 1 aliphatic rings. The Morgan fingerprint density at radius 1 is 1.36 bits per heavy atom. The molecule has 1 aromatic heterocycles. The molecule has 2 unspecified atom stereocenters. The lowest BCUT2D eigenvalue weighted by atomic mass is 10.1. The summed E-state index contributed by atoms with van der Waals surface area (Å²) in [4.78, 5) is 36.2. The topological polar surface area (TPSA) is 84.6 Å². The molecular formula is C18H19BrNO5+. The summed E-state index contributed by atoms with van der Waals surface area (Å²) >= 11 is 3.24. The molecule has 3 rings (SSSR count). The van der Waals surface area contributed by atoms with E-state index in [-0.39, 0.29) is 30.6 Å². The zero-order valence-electron chi connectivity index (χ0n) is 13.8. The number of alkyl halides is 1. The monoisotopic (exact) mass is 408 g/mol. The lowest BCUT2D eigenvalue weighted by molar-refractivity contribution is -0.792. The number of carbonyl (C=O) groups is 3. The molecular weight excluding hydrogens is 390 g/mol. The molecule has 2 heterocycles. The number of benzene rings is 1. The van der Waals surface area contributed by atoms with Crippen LogP contribution in [-0.4, -0.2) is 44.8 Å². The maximum Gasteiger partial charge on any atom is 0.521 e. The molecule has 1 saturated heterocycles. The second kappa shape index (κ2) is 6.72. The lowest BCUT2D eigenvalue weighted by Crippen LogP contribution is -2.59. The Kier molecular flexibility index (Phi) is 4.79. The highest BCUT2D eigenvalue weighted by atomic mass is 79.9. The number of carboxylic acid groups (broad SMARTS) is 1. The Morgan fingerprint density at radius 3 is 2.68 bits per heavy atom. The molecule has 1 fully saturated rings. The van der Waals surface area contributed by atoms with Crippen molar-refractivity contribution in [3.63, 3.8) is 0 Å². The minimum absolute atomic E-state index is 0.159. The van der Waals surface area contributed by atoms with Gasteiger partial charge in [-0.05, 0) is 19.1 Å². The van der Waals surface area contributed by atoms with Crippen LogP contribution in [0.15, 0.2) is 34.7 Å². The van der Waals surface area contributed by atoms with Crippen LogP contribution >= 0.6 is 15.9 Å². The standard InChI is InChI=1S/C18H18BrNO5/c1-11-5-4-8-20(11,18(23)24)16(21)10-13(19)17(22)15-9-12-6-2-3-7-14(12)25-15/h2-3,6-7,9,11,13H,4-5,8,10H2,1H3/p+1/t11-,13?,20?/m1/s1. The lowest BCUT2D eigenvalue weighted by Gasteiger charge is -2.30. The Balaban J connectivity index is 1.78. The van der Waals surface area contributed by atoms with Crippen molar-refractivity contribution in [1.82, 2.24) is 0 Å². The number of rotatable bonds is 4. The van der Waals surface area contributed by atoms with Gasteiger partial charge in [0.15, 0.2) is 5.76 Å². The summed E-state index contributed by atoms with van der Waals surface area (Å²) in [6.07, 6.45) is 0.0319. The minimum Gasteiger partial charge on any atom is -0.453 e. The third-order valence-electron chi connectivity index (χ3n) is 4.98. The maximum absolute atomic E-state index is 12.7. The number of halogens is 1. The highest BCUT2D eigenvalue weighted by Crippen LogP contribution is 2.31. The van der Waals surface area contributed by atoms with Gasteiger partial charge in [-0.25, -0.2) is 4.79 Å². The number of imide groups is 1. The summed E-state index contributed by atoms with van der Waals surface area (Å²) in [5.74, 6) is -0.656. The molecule has 3 atom stereocenters. The summed E-state index contributed by atoms with van der Waals surface area (Å²) < 4.78 is 4.94. The SMILES string of the molecule is C[C@@H]1CCC[N+]1(C(=O)O)C(=O)CC(Br)C(=O)c1cc2ccccc2o1. The second-order valence-electron chi connectivity index (χ2n) is 6.44. The van der Waals surface area contributed by atoms with Crippen molar-refractivity contribution >= 4 is 44.7 Å². The van der Waals surface area contributed by atoms with Crippen LogP contribution < -0.4 is 0 Å². The van der Waals surface area contributed by atoms with Crippen molar-refractivity contribution < 1.29 is 28.4 Å². The fourth-order valence-electron chi connectivity index (χ4n) is 3.50. The normalized spacial score (nSPS) is 24.3. The third kappa shape index (κ3) is 3.02. The number of hydrogen-bond donors (Lipinski definition) is 1. The van der Waals surface area contributed by atoms with E-state index in [1.165, 1.54) is 0 Å². The van der Waals surface area contributed by atoms with Crippen molar-refractivity contribution in [2.24, 2.45) is 0 Å². The van der Waals surface area contributed by atoms with E-state index in [1.54, 1.807) is 19.1 Å². The quantitative estimate of drug-likeness (QED) is 0.469. The average molecular weight is 409 g/mol. The van der Waals surface area contributed by atoms with Crippen molar-refractivity contribution in [3.8, 4) is 0 Å². The number of nitrogens with zero attached hydrogens (tertiary/aromatic N) is 1. The van der Waals surface area contributed by atoms with Gasteiger partial charge >= 0.3 is 12.0 Å². The van der Waals surface area contributed by atoms with Crippen LogP contribution in [0.1, 0.15) is 36.7 Å². The van der Waals surface area contributed by atoms with Gasteiger partial charge in [-0.2, -0.15) is 9.28 Å². The summed E-state index contributed by atoms with van der Waals surface area (Å²) in [5.41, 5.74) is 0.596. The molecule has 2 aromatic rings. The van der Waals surface area contributed by atoms with Gasteiger partial charge in [-0.15, -0.1) is 0 Å². The Bertz CT molecular complexity index is 812. The number of quaternary nitrogens is 1. The van der Waals surface area contributed by atoms with Crippen LogP contribution in [0.4, 0.5) is 4.79 Å². The Labute approximate surface area is 153 Å². The van der Waals surface area contributed by atoms with E-state index >= 15 is 0 Å². The fraction of sp³-hybridized carbons (Fsp3) is 0.389. The molecule has 7 heteroatoms. The van der Waals surface area contributed by atoms with Crippen LogP contribution in [0, 0.1) is 0 Å². The van der Waals surface area contributed by atoms with Gasteiger partial charge in [0.25, 0.3) is 0 Å². The molecule has 0 radical (unpaired) electrons. The first kappa shape index (κ1) is 17.8. The van der Waals surface area contributed by atoms with Crippen LogP contribution in [0.25, 0.3) is 11.0 Å². The predicted molar refractivity (Wildman–Crippen MR) is 94.7 cm³/mol. The molecule has 6 nitrogen and oxygen atoms in total. The van der Waals surface area contributed by atoms with Crippen molar-refractivity contribution in [1.29, 1.82) is 0 Å². The van der Waals surface area contributed by atoms with E-state index in [2.05, 4.69) is 15.9 Å². The number of hydrogen-bond acceptors (Lipinski definition) is 4. The molecule has 2 amide bonds. The minimum atomic E-state index is -1.15.